The molecule has 0 fully saturated rings. The summed E-state index contributed by atoms with van der Waals surface area (Å²) in [4.78, 5) is 14.3. The molecule has 2 heterocycles. The predicted molar refractivity (Wildman–Crippen MR) is 53.8 cm³/mol. The van der Waals surface area contributed by atoms with Crippen molar-refractivity contribution in [1.29, 1.82) is 0 Å². The first kappa shape index (κ1) is 12.1. The Labute approximate surface area is 98.3 Å². The highest BCUT2D eigenvalue weighted by molar-refractivity contribution is 5.86. The molecule has 0 radical (unpaired) electrons. The molecule has 2 aromatic rings. The molecule has 0 aliphatic heterocycles. The molecule has 0 saturated carbocycles. The van der Waals surface area contributed by atoms with Gasteiger partial charge >= 0.3 is 12.1 Å². The first-order valence-corrected chi connectivity index (χ1v) is 4.71. The lowest BCUT2D eigenvalue weighted by Gasteiger charge is -2.06. The predicted octanol–water partition coefficient (Wildman–Crippen LogP) is 2.19. The first-order valence-electron chi connectivity index (χ1n) is 4.71. The van der Waals surface area contributed by atoms with Crippen LogP contribution in [0.4, 0.5) is 13.2 Å². The zero-order valence-electron chi connectivity index (χ0n) is 8.69. The second-order valence-corrected chi connectivity index (χ2v) is 3.37. The van der Waals surface area contributed by atoms with Crippen LogP contribution in [0.3, 0.4) is 0 Å². The summed E-state index contributed by atoms with van der Waals surface area (Å²) in [7, 11) is 0. The molecule has 0 amide bonds. The summed E-state index contributed by atoms with van der Waals surface area (Å²) in [6.45, 7) is 0. The summed E-state index contributed by atoms with van der Waals surface area (Å²) in [6.07, 6.45) is -3.65. The Hall–Kier alpha value is -2.38. The molecule has 0 saturated heterocycles. The molecule has 0 aromatic carbocycles. The van der Waals surface area contributed by atoms with E-state index in [0.29, 0.717) is 0 Å². The monoisotopic (exact) mass is 257 g/mol. The lowest BCUT2D eigenvalue weighted by Crippen LogP contribution is -2.08. The molecule has 0 unspecified atom stereocenters. The van der Waals surface area contributed by atoms with E-state index >= 15 is 0 Å². The van der Waals surface area contributed by atoms with E-state index in [-0.39, 0.29) is 17.0 Å². The van der Waals surface area contributed by atoms with Crippen LogP contribution in [0.5, 0.6) is 0 Å². The van der Waals surface area contributed by atoms with Crippen molar-refractivity contribution >= 4 is 5.97 Å². The Bertz CT molecular complexity index is 592. The molecule has 0 aliphatic rings. The van der Waals surface area contributed by atoms with E-state index in [1.807, 2.05) is 5.10 Å². The Kier molecular flexibility index (Phi) is 2.77. The molecule has 2 rings (SSSR count). The van der Waals surface area contributed by atoms with Crippen molar-refractivity contribution in [3.63, 3.8) is 0 Å². The number of halogens is 3. The number of carboxylic acids is 1. The van der Waals surface area contributed by atoms with Crippen LogP contribution in [-0.2, 0) is 6.18 Å². The summed E-state index contributed by atoms with van der Waals surface area (Å²) < 4.78 is 37.8. The van der Waals surface area contributed by atoms with E-state index in [1.165, 1.54) is 18.2 Å². The molecule has 0 bridgehead atoms. The number of aromatic carboxylic acids is 1. The zero-order valence-corrected chi connectivity index (χ0v) is 8.69. The number of hydrogen-bond acceptors (Lipinski definition) is 3. The van der Waals surface area contributed by atoms with E-state index in [2.05, 4.69) is 10.1 Å². The molecule has 0 aliphatic carbocycles. The molecule has 2 aromatic heterocycles. The number of H-pyrrole nitrogens is 1. The number of hydrogen-bond donors (Lipinski definition) is 2. The van der Waals surface area contributed by atoms with Gasteiger partial charge in [-0.1, -0.05) is 6.07 Å². The van der Waals surface area contributed by atoms with Gasteiger partial charge in [-0.05, 0) is 12.1 Å². The fourth-order valence-electron chi connectivity index (χ4n) is 1.40. The van der Waals surface area contributed by atoms with Crippen LogP contribution in [-0.4, -0.2) is 26.3 Å². The number of aromatic amines is 1. The van der Waals surface area contributed by atoms with E-state index in [0.717, 1.165) is 6.20 Å². The Morgan fingerprint density at radius 1 is 1.33 bits per heavy atom. The molecule has 5 nitrogen and oxygen atoms in total. The average molecular weight is 257 g/mol. The van der Waals surface area contributed by atoms with E-state index in [9.17, 15) is 18.0 Å². The summed E-state index contributed by atoms with van der Waals surface area (Å²) in [5, 5.41) is 13.9. The number of nitrogens with zero attached hydrogens (tertiary/aromatic N) is 2. The van der Waals surface area contributed by atoms with Gasteiger partial charge in [0.15, 0.2) is 0 Å². The van der Waals surface area contributed by atoms with Crippen molar-refractivity contribution in [2.75, 3.05) is 0 Å². The SMILES string of the molecule is O=C(O)c1cccc(-c2cn[nH]c2C(F)(F)F)n1. The number of carboxylic acid groups (broad SMARTS) is 1. The van der Waals surface area contributed by atoms with Crippen LogP contribution in [0.2, 0.25) is 0 Å². The number of alkyl halides is 3. The standard InChI is InChI=1S/C10H6F3N3O2/c11-10(12,13)8-5(4-14-16-8)6-2-1-3-7(15-6)9(17)18/h1-4H,(H,14,16)(H,17,18). The van der Waals surface area contributed by atoms with Gasteiger partial charge in [-0.2, -0.15) is 18.3 Å². The summed E-state index contributed by atoms with van der Waals surface area (Å²) in [5.74, 6) is -1.31. The molecule has 94 valence electrons. The molecular weight excluding hydrogens is 251 g/mol. The van der Waals surface area contributed by atoms with E-state index in [4.69, 9.17) is 5.11 Å². The van der Waals surface area contributed by atoms with Crippen LogP contribution in [0.15, 0.2) is 24.4 Å². The summed E-state index contributed by atoms with van der Waals surface area (Å²) in [5.41, 5.74) is -1.78. The fourth-order valence-corrected chi connectivity index (χ4v) is 1.40. The molecule has 8 heteroatoms. The molecule has 0 atom stereocenters. The average Bonchev–Trinajstić information content (AvgIpc) is 2.77. The van der Waals surface area contributed by atoms with Crippen LogP contribution in [0.1, 0.15) is 16.2 Å². The van der Waals surface area contributed by atoms with Gasteiger partial charge in [0.05, 0.1) is 17.5 Å². The third-order valence-electron chi connectivity index (χ3n) is 2.17. The fraction of sp³-hybridized carbons (Fsp3) is 0.100. The lowest BCUT2D eigenvalue weighted by atomic mass is 10.1. The second-order valence-electron chi connectivity index (χ2n) is 3.37. The van der Waals surface area contributed by atoms with Gasteiger partial charge in [0.1, 0.15) is 11.4 Å². The largest absolute Gasteiger partial charge is 0.477 e. The maximum Gasteiger partial charge on any atom is 0.433 e. The Balaban J connectivity index is 2.53. The van der Waals surface area contributed by atoms with E-state index in [1.54, 1.807) is 0 Å². The third kappa shape index (κ3) is 2.17. The number of aromatic nitrogens is 3. The second kappa shape index (κ2) is 4.13. The van der Waals surface area contributed by atoms with Crippen LogP contribution >= 0.6 is 0 Å². The molecular formula is C10H6F3N3O2. The summed E-state index contributed by atoms with van der Waals surface area (Å²) in [6, 6.07) is 3.80. The number of rotatable bonds is 2. The van der Waals surface area contributed by atoms with Gasteiger partial charge in [-0.15, -0.1) is 0 Å². The van der Waals surface area contributed by atoms with E-state index < -0.39 is 17.8 Å². The highest BCUT2D eigenvalue weighted by atomic mass is 19.4. The molecule has 18 heavy (non-hydrogen) atoms. The van der Waals surface area contributed by atoms with Crippen molar-refractivity contribution in [3.05, 3.63) is 35.8 Å². The van der Waals surface area contributed by atoms with Gasteiger partial charge in [-0.25, -0.2) is 9.78 Å². The van der Waals surface area contributed by atoms with Gasteiger partial charge in [-0.3, -0.25) is 5.10 Å². The van der Waals surface area contributed by atoms with Crippen LogP contribution in [0, 0.1) is 0 Å². The minimum absolute atomic E-state index is 0.101. The molecule has 0 spiro atoms. The number of nitrogens with one attached hydrogen (secondary N) is 1. The maximum atomic E-state index is 12.6. The van der Waals surface area contributed by atoms with Gasteiger partial charge in [0, 0.05) is 0 Å². The van der Waals surface area contributed by atoms with Crippen molar-refractivity contribution in [1.82, 2.24) is 15.2 Å². The normalized spacial score (nSPS) is 11.5. The smallest absolute Gasteiger partial charge is 0.433 e. The maximum absolute atomic E-state index is 12.6. The summed E-state index contributed by atoms with van der Waals surface area (Å²) >= 11 is 0. The van der Waals surface area contributed by atoms with Crippen LogP contribution < -0.4 is 0 Å². The minimum Gasteiger partial charge on any atom is -0.477 e. The van der Waals surface area contributed by atoms with Crippen molar-refractivity contribution < 1.29 is 23.1 Å². The van der Waals surface area contributed by atoms with Crippen LogP contribution in [0.25, 0.3) is 11.3 Å². The van der Waals surface area contributed by atoms with Gasteiger partial charge in [0.25, 0.3) is 0 Å². The zero-order chi connectivity index (χ0) is 13.3. The Morgan fingerprint density at radius 2 is 2.06 bits per heavy atom. The number of pyridine rings is 1. The lowest BCUT2D eigenvalue weighted by molar-refractivity contribution is -0.140. The molecule has 2 N–H and O–H groups in total. The third-order valence-corrected chi connectivity index (χ3v) is 2.17. The van der Waals surface area contributed by atoms with Crippen molar-refractivity contribution in [2.45, 2.75) is 6.18 Å². The van der Waals surface area contributed by atoms with Gasteiger partial charge in [0.2, 0.25) is 0 Å². The highest BCUT2D eigenvalue weighted by Crippen LogP contribution is 2.34. The van der Waals surface area contributed by atoms with Crippen molar-refractivity contribution in [2.24, 2.45) is 0 Å². The number of carbonyl (C=O) groups is 1. The minimum atomic E-state index is -4.60. The first-order chi connectivity index (χ1) is 8.39. The van der Waals surface area contributed by atoms with Crippen molar-refractivity contribution in [3.8, 4) is 11.3 Å². The topological polar surface area (TPSA) is 78.9 Å². The van der Waals surface area contributed by atoms with Gasteiger partial charge < -0.3 is 5.11 Å². The quantitative estimate of drug-likeness (QED) is 0.864. The Morgan fingerprint density at radius 3 is 2.67 bits per heavy atom. The highest BCUT2D eigenvalue weighted by Gasteiger charge is 2.36.